The monoisotopic (exact) mass is 605 g/mol. The highest BCUT2D eigenvalue weighted by Gasteiger charge is 2.43. The summed E-state index contributed by atoms with van der Waals surface area (Å²) in [7, 11) is -4.10. The minimum absolute atomic E-state index is 0.0273. The highest BCUT2D eigenvalue weighted by Crippen LogP contribution is 2.30. The van der Waals surface area contributed by atoms with Gasteiger partial charge in [0, 0.05) is 48.9 Å². The Labute approximate surface area is 247 Å². The Hall–Kier alpha value is -4.32. The Morgan fingerprint density at radius 3 is 1.93 bits per heavy atom. The predicted molar refractivity (Wildman–Crippen MR) is 159 cm³/mol. The quantitative estimate of drug-likeness (QED) is 0.314. The third kappa shape index (κ3) is 6.13. The van der Waals surface area contributed by atoms with Crippen LogP contribution in [0, 0.1) is 0 Å². The molecule has 216 valence electrons. The second kappa shape index (κ2) is 11.9. The van der Waals surface area contributed by atoms with Gasteiger partial charge in [-0.25, -0.2) is 8.42 Å². The van der Waals surface area contributed by atoms with Crippen molar-refractivity contribution in [3.63, 3.8) is 0 Å². The fourth-order valence-corrected chi connectivity index (χ4v) is 7.07. The Morgan fingerprint density at radius 1 is 0.786 bits per heavy atom. The summed E-state index contributed by atoms with van der Waals surface area (Å²) in [4.78, 5) is 43.5. The van der Waals surface area contributed by atoms with Crippen molar-refractivity contribution in [2.75, 3.05) is 13.1 Å². The number of benzene rings is 3. The standard InChI is InChI=1S/C30H28ClN5O5S/c31-24-7-5-23-14-27(8-6-22(23)13-24)42(40,41)35-17-25(15-28(32)37)36(26(18-35)16-29(33)38)30(39)21-3-1-19(2-4-21)20-9-11-34-12-10-20/h1-14,25-26H,15-18H2,(H2,32,37)(H2,33,38)/t25-,26-/m1/s1. The second-order valence-electron chi connectivity index (χ2n) is 10.1. The molecule has 4 aromatic rings. The van der Waals surface area contributed by atoms with Crippen molar-refractivity contribution in [2.45, 2.75) is 29.8 Å². The number of nitrogens with two attached hydrogens (primary N) is 2. The number of primary amides is 2. The number of sulfonamides is 1. The number of pyridine rings is 1. The Bertz CT molecular complexity index is 1740. The lowest BCUT2D eigenvalue weighted by atomic mass is 9.99. The summed E-state index contributed by atoms with van der Waals surface area (Å²) in [5, 5.41) is 1.96. The van der Waals surface area contributed by atoms with E-state index < -0.39 is 39.8 Å². The first kappa shape index (κ1) is 29.2. The molecular formula is C30H28ClN5O5S. The van der Waals surface area contributed by atoms with Gasteiger partial charge in [-0.05, 0) is 70.4 Å². The van der Waals surface area contributed by atoms with Crippen molar-refractivity contribution in [3.8, 4) is 11.1 Å². The maximum Gasteiger partial charge on any atom is 0.254 e. The summed E-state index contributed by atoms with van der Waals surface area (Å²) in [6.07, 6.45) is 2.72. The van der Waals surface area contributed by atoms with Crippen LogP contribution in [0.25, 0.3) is 21.9 Å². The lowest BCUT2D eigenvalue weighted by Gasteiger charge is -2.45. The Balaban J connectivity index is 1.48. The predicted octanol–water partition coefficient (Wildman–Crippen LogP) is 3.19. The summed E-state index contributed by atoms with van der Waals surface area (Å²) in [6.45, 7) is -0.389. The average molecular weight is 606 g/mol. The van der Waals surface area contributed by atoms with E-state index in [0.29, 0.717) is 16.0 Å². The molecule has 0 spiro atoms. The van der Waals surface area contributed by atoms with E-state index in [-0.39, 0.29) is 30.8 Å². The van der Waals surface area contributed by atoms with E-state index in [2.05, 4.69) is 4.98 Å². The van der Waals surface area contributed by atoms with Gasteiger partial charge in [0.25, 0.3) is 5.91 Å². The van der Waals surface area contributed by atoms with E-state index in [4.69, 9.17) is 23.1 Å². The number of fused-ring (bicyclic) bond motifs is 1. The van der Waals surface area contributed by atoms with Crippen LogP contribution in [0.2, 0.25) is 5.02 Å². The zero-order valence-corrected chi connectivity index (χ0v) is 24.0. The van der Waals surface area contributed by atoms with Crippen LogP contribution in [0.15, 0.2) is 90.1 Å². The van der Waals surface area contributed by atoms with Crippen LogP contribution < -0.4 is 11.5 Å². The molecule has 10 nitrogen and oxygen atoms in total. The average Bonchev–Trinajstić information content (AvgIpc) is 2.96. The lowest BCUT2D eigenvalue weighted by molar-refractivity contribution is -0.120. The molecule has 0 aliphatic carbocycles. The normalized spacial score (nSPS) is 17.7. The molecule has 1 aliphatic rings. The van der Waals surface area contributed by atoms with Gasteiger partial charge >= 0.3 is 0 Å². The zero-order valence-electron chi connectivity index (χ0n) is 22.4. The molecule has 0 radical (unpaired) electrons. The molecule has 5 rings (SSSR count). The first-order valence-corrected chi connectivity index (χ1v) is 14.9. The summed E-state index contributed by atoms with van der Waals surface area (Å²) < 4.78 is 28.9. The number of nitrogens with zero attached hydrogens (tertiary/aromatic N) is 3. The smallest absolute Gasteiger partial charge is 0.254 e. The first-order chi connectivity index (χ1) is 20.0. The van der Waals surface area contributed by atoms with Crippen LogP contribution in [0.4, 0.5) is 0 Å². The van der Waals surface area contributed by atoms with Gasteiger partial charge in [0.1, 0.15) is 0 Å². The molecule has 4 N–H and O–H groups in total. The van der Waals surface area contributed by atoms with Gasteiger partial charge in [-0.15, -0.1) is 0 Å². The number of hydrogen-bond acceptors (Lipinski definition) is 6. The molecule has 42 heavy (non-hydrogen) atoms. The molecule has 2 heterocycles. The van der Waals surface area contributed by atoms with Gasteiger partial charge < -0.3 is 16.4 Å². The van der Waals surface area contributed by atoms with Gasteiger partial charge in [-0.3, -0.25) is 19.4 Å². The third-order valence-corrected chi connectivity index (χ3v) is 9.34. The SMILES string of the molecule is NC(=O)C[C@@H]1CN(S(=O)(=O)c2ccc3cc(Cl)ccc3c2)C[C@@H](CC(N)=O)N1C(=O)c1ccc(-c2ccncc2)cc1. The number of carbonyl (C=O) groups excluding carboxylic acids is 3. The van der Waals surface area contributed by atoms with Crippen LogP contribution in [0.3, 0.4) is 0 Å². The van der Waals surface area contributed by atoms with E-state index in [1.807, 2.05) is 12.1 Å². The van der Waals surface area contributed by atoms with E-state index in [9.17, 15) is 22.8 Å². The van der Waals surface area contributed by atoms with E-state index in [1.165, 1.54) is 21.3 Å². The van der Waals surface area contributed by atoms with Crippen LogP contribution in [-0.2, 0) is 19.6 Å². The van der Waals surface area contributed by atoms with Crippen molar-refractivity contribution in [2.24, 2.45) is 11.5 Å². The fraction of sp³-hybridized carbons (Fsp3) is 0.200. The summed E-state index contributed by atoms with van der Waals surface area (Å²) in [5.74, 6) is -1.90. The number of amides is 3. The minimum atomic E-state index is -4.10. The van der Waals surface area contributed by atoms with Crippen molar-refractivity contribution >= 4 is 50.1 Å². The maximum atomic E-state index is 13.9. The largest absolute Gasteiger partial charge is 0.370 e. The van der Waals surface area contributed by atoms with Gasteiger partial charge in [-0.1, -0.05) is 35.9 Å². The van der Waals surface area contributed by atoms with Crippen LogP contribution >= 0.6 is 11.6 Å². The molecule has 1 fully saturated rings. The molecule has 1 aromatic heterocycles. The van der Waals surface area contributed by atoms with Crippen molar-refractivity contribution in [3.05, 3.63) is 95.8 Å². The summed E-state index contributed by atoms with van der Waals surface area (Å²) in [6, 6.07) is 18.5. The molecular weight excluding hydrogens is 578 g/mol. The molecule has 2 atom stereocenters. The molecule has 1 saturated heterocycles. The molecule has 0 unspecified atom stereocenters. The number of rotatable bonds is 8. The summed E-state index contributed by atoms with van der Waals surface area (Å²) in [5.41, 5.74) is 13.2. The highest BCUT2D eigenvalue weighted by atomic mass is 35.5. The van der Waals surface area contributed by atoms with Crippen molar-refractivity contribution < 1.29 is 22.8 Å². The number of hydrogen-bond donors (Lipinski definition) is 2. The van der Waals surface area contributed by atoms with Crippen molar-refractivity contribution in [1.82, 2.24) is 14.2 Å². The Morgan fingerprint density at radius 2 is 1.33 bits per heavy atom. The van der Waals surface area contributed by atoms with Gasteiger partial charge in [-0.2, -0.15) is 4.31 Å². The molecule has 12 heteroatoms. The minimum Gasteiger partial charge on any atom is -0.370 e. The van der Waals surface area contributed by atoms with E-state index >= 15 is 0 Å². The summed E-state index contributed by atoms with van der Waals surface area (Å²) >= 11 is 6.07. The van der Waals surface area contributed by atoms with Gasteiger partial charge in [0.05, 0.1) is 17.0 Å². The molecule has 3 amide bonds. The fourth-order valence-electron chi connectivity index (χ4n) is 5.34. The number of aromatic nitrogens is 1. The van der Waals surface area contributed by atoms with Crippen LogP contribution in [0.5, 0.6) is 0 Å². The van der Waals surface area contributed by atoms with Crippen LogP contribution in [0.1, 0.15) is 23.2 Å². The first-order valence-electron chi connectivity index (χ1n) is 13.1. The lowest BCUT2D eigenvalue weighted by Crippen LogP contribution is -2.62. The van der Waals surface area contributed by atoms with Crippen molar-refractivity contribution in [1.29, 1.82) is 0 Å². The molecule has 0 saturated carbocycles. The number of halogens is 1. The zero-order chi connectivity index (χ0) is 30.0. The Kier molecular flexibility index (Phi) is 8.26. The molecule has 3 aromatic carbocycles. The second-order valence-corrected chi connectivity index (χ2v) is 12.5. The molecule has 0 bridgehead atoms. The van der Waals surface area contributed by atoms with Crippen LogP contribution in [-0.4, -0.2) is 65.5 Å². The van der Waals surface area contributed by atoms with Gasteiger partial charge in [0.2, 0.25) is 21.8 Å². The highest BCUT2D eigenvalue weighted by molar-refractivity contribution is 7.89. The molecule has 1 aliphatic heterocycles. The van der Waals surface area contributed by atoms with E-state index in [1.54, 1.807) is 60.9 Å². The third-order valence-electron chi connectivity index (χ3n) is 7.28. The number of carbonyl (C=O) groups is 3. The van der Waals surface area contributed by atoms with E-state index in [0.717, 1.165) is 16.5 Å². The topological polar surface area (TPSA) is 157 Å². The number of piperazine rings is 1. The van der Waals surface area contributed by atoms with Gasteiger partial charge in [0.15, 0.2) is 0 Å². The maximum absolute atomic E-state index is 13.9.